The largest absolute Gasteiger partial charge is 0.862 e. The fraction of sp³-hybridized carbons (Fsp3) is 0.917. The number of carbonyl (C=O) groups excluding carboxylic acids is 4. The van der Waals surface area contributed by atoms with E-state index in [0.717, 1.165) is 77.0 Å². The fourth-order valence-electron chi connectivity index (χ4n) is 10.6. The van der Waals surface area contributed by atoms with E-state index in [9.17, 15) is 48.3 Å². The molecule has 566 valence electrons. The van der Waals surface area contributed by atoms with Crippen LogP contribution >= 0.6 is 37.2 Å². The lowest BCUT2D eigenvalue weighted by Gasteiger charge is -2.20. The number of phosphoric acid groups is 2. The lowest BCUT2D eigenvalue weighted by atomic mass is 10.1. The number of nitrogens with zero attached hydrogens (tertiary/aromatic N) is 2. The van der Waals surface area contributed by atoms with Crippen LogP contribution in [0.1, 0.15) is 349 Å². The highest BCUT2D eigenvalue weighted by molar-refractivity contribution is 8.76. The molecule has 0 aliphatic rings. The molecule has 0 spiro atoms. The summed E-state index contributed by atoms with van der Waals surface area (Å²) >= 11 is 0. The molecule has 0 saturated carbocycles. The van der Waals surface area contributed by atoms with Gasteiger partial charge in [0.15, 0.2) is 12.2 Å². The summed E-state index contributed by atoms with van der Waals surface area (Å²) in [6.07, 6.45) is 48.5. The van der Waals surface area contributed by atoms with Crippen molar-refractivity contribution in [2.75, 3.05) is 64.2 Å². The highest BCUT2D eigenvalue weighted by Crippen LogP contribution is 2.44. The van der Waals surface area contributed by atoms with Crippen molar-refractivity contribution in [2.24, 2.45) is 9.98 Å². The monoisotopic (exact) mass is 1440 g/mol. The van der Waals surface area contributed by atoms with E-state index >= 15 is 0 Å². The van der Waals surface area contributed by atoms with E-state index in [0.29, 0.717) is 37.2 Å². The van der Waals surface area contributed by atoms with Crippen LogP contribution in [0, 0.1) is 0 Å². The number of hydrogen-bond acceptors (Lipinski definition) is 20. The summed E-state index contributed by atoms with van der Waals surface area (Å²) < 4.78 is 68.0. The Hall–Kier alpha value is -2.26. The van der Waals surface area contributed by atoms with Gasteiger partial charge in [-0.1, -0.05) is 306 Å². The van der Waals surface area contributed by atoms with E-state index in [1.165, 1.54) is 201 Å². The fourth-order valence-corrected chi connectivity index (χ4v) is 14.0. The second-order valence-corrected chi connectivity index (χ2v) is 31.2. The van der Waals surface area contributed by atoms with E-state index in [4.69, 9.17) is 37.0 Å². The van der Waals surface area contributed by atoms with Crippen molar-refractivity contribution in [3.63, 3.8) is 0 Å². The molecule has 4 atom stereocenters. The Kier molecular flexibility index (Phi) is 68.2. The molecule has 0 fully saturated rings. The summed E-state index contributed by atoms with van der Waals surface area (Å²) in [5, 5.41) is 24.9. The molecule has 0 amide bonds. The predicted octanol–water partition coefficient (Wildman–Crippen LogP) is 18.6. The smallest absolute Gasteiger partial charge is 0.472 e. The van der Waals surface area contributed by atoms with E-state index in [-0.39, 0.29) is 64.8 Å². The van der Waals surface area contributed by atoms with Gasteiger partial charge in [0.2, 0.25) is 0 Å². The number of aliphatic imine (C=N–C) groups is 2. The van der Waals surface area contributed by atoms with Crippen LogP contribution < -0.4 is 10.2 Å². The lowest BCUT2D eigenvalue weighted by Crippen LogP contribution is -2.29. The molecular weight excluding hydrogens is 1310 g/mol. The molecule has 20 nitrogen and oxygen atoms in total. The molecule has 24 heteroatoms. The predicted molar refractivity (Wildman–Crippen MR) is 388 cm³/mol. The standard InChI is InChI=1S/C72H138N2O18P2S2/c1-5-9-13-17-21-25-29-33-37-41-45-49-69(77)85-61-65(91-71(79)51-47-43-39-35-31-27-23-19-15-11-7-3)63-89-93(81,82)87-57-55-73-67(75)53-59-95-96-60-54-68(76)74-56-58-88-94(83,84)90-64-66(92-72(80)52-48-44-40-36-32-28-24-20-16-12-8-4)62-86-70(78)50-46-42-38-34-30-26-22-18-14-10-6-2/h65-66H,5-64H2,1-4H3,(H,73,75)(H,74,76)(H,81,82)(H,83,84)/p-2/t65-,66-/m1/s1. The first-order valence-corrected chi connectivity index (χ1v) is 43.6. The summed E-state index contributed by atoms with van der Waals surface area (Å²) in [5.74, 6) is -2.14. The van der Waals surface area contributed by atoms with Crippen LogP contribution in [0.3, 0.4) is 0 Å². The first-order valence-electron chi connectivity index (χ1n) is 38.1. The van der Waals surface area contributed by atoms with Crippen LogP contribution in [-0.4, -0.2) is 122 Å². The minimum absolute atomic E-state index is 0.0569. The molecule has 2 N–H and O–H groups in total. The zero-order valence-electron chi connectivity index (χ0n) is 60.6. The maximum atomic E-state index is 12.9. The molecule has 96 heavy (non-hydrogen) atoms. The minimum atomic E-state index is -4.69. The van der Waals surface area contributed by atoms with Crippen LogP contribution in [0.2, 0.25) is 0 Å². The highest BCUT2D eigenvalue weighted by Gasteiger charge is 2.28. The van der Waals surface area contributed by atoms with Gasteiger partial charge in [-0.25, -0.2) is 9.13 Å². The van der Waals surface area contributed by atoms with Crippen LogP contribution in [0.25, 0.3) is 0 Å². The van der Waals surface area contributed by atoms with Gasteiger partial charge >= 0.3 is 39.5 Å². The molecule has 2 unspecified atom stereocenters. The van der Waals surface area contributed by atoms with Crippen molar-refractivity contribution in [3.8, 4) is 0 Å². The number of hydrogen-bond donors (Lipinski definition) is 2. The van der Waals surface area contributed by atoms with Crippen molar-refractivity contribution >= 4 is 72.9 Å². The third-order valence-corrected chi connectivity index (χ3v) is 20.8. The quantitative estimate of drug-likeness (QED) is 0.0109. The van der Waals surface area contributed by atoms with Crippen LogP contribution in [-0.2, 0) is 65.4 Å². The molecule has 0 aromatic rings. The Bertz CT molecular complexity index is 1860. The minimum Gasteiger partial charge on any atom is -0.862 e. The lowest BCUT2D eigenvalue weighted by molar-refractivity contribution is -0.219. The Morgan fingerprint density at radius 3 is 0.812 bits per heavy atom. The average molecular weight is 1440 g/mol. The zero-order chi connectivity index (χ0) is 70.5. The van der Waals surface area contributed by atoms with Crippen LogP contribution in [0.4, 0.5) is 0 Å². The Labute approximate surface area is 590 Å². The van der Waals surface area contributed by atoms with E-state index < -0.39 is 90.0 Å². The molecule has 0 aromatic heterocycles. The zero-order valence-corrected chi connectivity index (χ0v) is 64.0. The van der Waals surface area contributed by atoms with Gasteiger partial charge in [-0.3, -0.25) is 37.3 Å². The first kappa shape index (κ1) is 93.7. The summed E-state index contributed by atoms with van der Waals surface area (Å²) in [7, 11) is -6.69. The van der Waals surface area contributed by atoms with Gasteiger partial charge in [-0.2, -0.15) is 0 Å². The van der Waals surface area contributed by atoms with Crippen molar-refractivity contribution in [3.05, 3.63) is 0 Å². The van der Waals surface area contributed by atoms with Gasteiger partial charge in [0.05, 0.1) is 39.5 Å². The topological polar surface area (TPSA) is 288 Å². The maximum absolute atomic E-state index is 12.9. The van der Waals surface area contributed by atoms with E-state index in [1.54, 1.807) is 0 Å². The number of rotatable bonds is 75. The first-order chi connectivity index (χ1) is 46.6. The van der Waals surface area contributed by atoms with Gasteiger partial charge in [0, 0.05) is 37.2 Å². The van der Waals surface area contributed by atoms with Crippen LogP contribution in [0.5, 0.6) is 0 Å². The Morgan fingerprint density at radius 1 is 0.333 bits per heavy atom. The molecule has 0 aromatic carbocycles. The third kappa shape index (κ3) is 68.9. The van der Waals surface area contributed by atoms with Gasteiger partial charge in [-0.05, 0) is 50.3 Å². The summed E-state index contributed by atoms with van der Waals surface area (Å²) in [6.45, 7) is 5.79. The SMILES string of the molecule is CCCCCCCCCCCCCC(=O)OC[C@H](COP(=O)(O)OCCN=C([O-])CCSSCCC([O-])=NCCOP(=O)(O)OC[C@@H](COC(=O)CCCCCCCCCCCCC)OC(=O)CCCCCCCCCCCCC)OC(=O)CCCCCCCCCCCCC. The van der Waals surface area contributed by atoms with Gasteiger partial charge < -0.3 is 48.9 Å². The van der Waals surface area contributed by atoms with Gasteiger partial charge in [0.25, 0.3) is 0 Å². The second kappa shape index (κ2) is 69.8. The number of ether oxygens (including phenoxy) is 4. The Balaban J connectivity index is 4.88. The van der Waals surface area contributed by atoms with Crippen molar-refractivity contribution in [1.82, 2.24) is 0 Å². The molecule has 0 rings (SSSR count). The molecule has 0 heterocycles. The number of phosphoric ester groups is 2. The molecule has 0 aliphatic heterocycles. The molecule has 0 saturated heterocycles. The molecule has 0 radical (unpaired) electrons. The maximum Gasteiger partial charge on any atom is 0.472 e. The Morgan fingerprint density at radius 2 is 0.562 bits per heavy atom. The molecule has 0 bridgehead atoms. The molecular formula is C72H136N2O18P2S2-2. The second-order valence-electron chi connectivity index (χ2n) is 25.6. The van der Waals surface area contributed by atoms with Crippen molar-refractivity contribution < 1.29 is 85.4 Å². The highest BCUT2D eigenvalue weighted by atomic mass is 33.1. The third-order valence-electron chi connectivity index (χ3n) is 16.4. The average Bonchev–Trinajstić information content (AvgIpc) is 1.43. The van der Waals surface area contributed by atoms with Gasteiger partial charge in [-0.15, -0.1) is 0 Å². The normalized spacial score (nSPS) is 13.9. The van der Waals surface area contributed by atoms with E-state index in [2.05, 4.69) is 37.7 Å². The van der Waals surface area contributed by atoms with Crippen molar-refractivity contribution in [2.45, 2.75) is 361 Å². The van der Waals surface area contributed by atoms with Crippen molar-refractivity contribution in [1.29, 1.82) is 0 Å². The summed E-state index contributed by atoms with van der Waals surface area (Å²) in [4.78, 5) is 79.6. The molecule has 0 aliphatic carbocycles. The number of carbonyl (C=O) groups is 4. The summed E-state index contributed by atoms with van der Waals surface area (Å²) in [6, 6.07) is 0. The van der Waals surface area contributed by atoms with Gasteiger partial charge in [0.1, 0.15) is 13.2 Å². The summed E-state index contributed by atoms with van der Waals surface area (Å²) in [5.41, 5.74) is 0. The number of unbranched alkanes of at least 4 members (excludes halogenated alkanes) is 40. The van der Waals surface area contributed by atoms with E-state index in [1.807, 2.05) is 0 Å². The van der Waals surface area contributed by atoms with Crippen LogP contribution in [0.15, 0.2) is 9.98 Å². The number of esters is 4.